The Bertz CT molecular complexity index is 724. The highest BCUT2D eigenvalue weighted by molar-refractivity contribution is 5.85. The second-order valence-corrected chi connectivity index (χ2v) is 5.67. The number of hydrogen-bond acceptors (Lipinski definition) is 2. The molecule has 1 unspecified atom stereocenters. The Labute approximate surface area is 145 Å². The number of fused-ring (bicyclic) bond motifs is 1. The van der Waals surface area contributed by atoms with Crippen molar-refractivity contribution in [3.8, 4) is 0 Å². The van der Waals surface area contributed by atoms with Crippen LogP contribution in [0.15, 0.2) is 42.5 Å². The number of hydrogen-bond donors (Lipinski definition) is 2. The second-order valence-electron chi connectivity index (χ2n) is 5.67. The molecule has 0 radical (unpaired) electrons. The summed E-state index contributed by atoms with van der Waals surface area (Å²) < 4.78 is 26.4. The number of nitrogens with one attached hydrogen (secondary N) is 2. The fourth-order valence-electron chi connectivity index (χ4n) is 2.89. The maximum atomic E-state index is 13.6. The molecular weight excluding hydrogens is 334 g/mol. The number of halogens is 3. The quantitative estimate of drug-likeness (QED) is 0.888. The van der Waals surface area contributed by atoms with E-state index in [0.29, 0.717) is 6.54 Å². The van der Waals surface area contributed by atoms with Crippen molar-refractivity contribution in [3.05, 3.63) is 70.8 Å². The Hall–Kier alpha value is -1.98. The highest BCUT2D eigenvalue weighted by Gasteiger charge is 2.19. The third-order valence-corrected chi connectivity index (χ3v) is 4.09. The standard InChI is InChI=1S/C18H18F2N2O.ClH/c19-14-6-5-13(16(20)10-14)9-18(23)22-11-17-15-4-2-1-3-12(15)7-8-21-17;/h1-6,10,17,21H,7-9,11H2,(H,22,23);1H. The average Bonchev–Trinajstić information content (AvgIpc) is 2.55. The molecule has 2 aromatic rings. The Kier molecular flexibility index (Phi) is 6.29. The Morgan fingerprint density at radius 1 is 1.21 bits per heavy atom. The predicted molar refractivity (Wildman–Crippen MR) is 91.2 cm³/mol. The van der Waals surface area contributed by atoms with Crippen molar-refractivity contribution in [3.63, 3.8) is 0 Å². The van der Waals surface area contributed by atoms with E-state index in [9.17, 15) is 13.6 Å². The molecule has 0 bridgehead atoms. The van der Waals surface area contributed by atoms with E-state index in [2.05, 4.69) is 22.8 Å². The van der Waals surface area contributed by atoms with Gasteiger partial charge in [-0.2, -0.15) is 0 Å². The van der Waals surface area contributed by atoms with Gasteiger partial charge in [0.15, 0.2) is 0 Å². The van der Waals surface area contributed by atoms with Gasteiger partial charge in [0.2, 0.25) is 5.91 Å². The van der Waals surface area contributed by atoms with E-state index in [4.69, 9.17) is 0 Å². The van der Waals surface area contributed by atoms with E-state index in [1.54, 1.807) is 0 Å². The average molecular weight is 353 g/mol. The molecule has 0 saturated heterocycles. The largest absolute Gasteiger partial charge is 0.354 e. The molecule has 1 amide bonds. The number of rotatable bonds is 4. The first kappa shape index (κ1) is 18.4. The highest BCUT2D eigenvalue weighted by atomic mass is 35.5. The molecule has 2 aromatic carbocycles. The Balaban J connectivity index is 0.00000208. The zero-order valence-electron chi connectivity index (χ0n) is 13.0. The van der Waals surface area contributed by atoms with Crippen LogP contribution in [-0.2, 0) is 17.6 Å². The van der Waals surface area contributed by atoms with Gasteiger partial charge in [-0.05, 0) is 35.7 Å². The number of carbonyl (C=O) groups excluding carboxylic acids is 1. The van der Waals surface area contributed by atoms with Crippen molar-refractivity contribution in [1.82, 2.24) is 10.6 Å². The van der Waals surface area contributed by atoms with Crippen LogP contribution in [0.2, 0.25) is 0 Å². The number of carbonyl (C=O) groups is 1. The number of amides is 1. The van der Waals surface area contributed by atoms with Gasteiger partial charge in [-0.1, -0.05) is 30.3 Å². The molecule has 1 atom stereocenters. The van der Waals surface area contributed by atoms with E-state index in [-0.39, 0.29) is 36.3 Å². The molecule has 1 aliphatic heterocycles. The zero-order chi connectivity index (χ0) is 16.2. The van der Waals surface area contributed by atoms with Crippen LogP contribution in [-0.4, -0.2) is 19.0 Å². The van der Waals surface area contributed by atoms with Crippen molar-refractivity contribution >= 4 is 18.3 Å². The summed E-state index contributed by atoms with van der Waals surface area (Å²) in [4.78, 5) is 12.0. The minimum Gasteiger partial charge on any atom is -0.354 e. The SMILES string of the molecule is Cl.O=C(Cc1ccc(F)cc1F)NCC1NCCc2ccccc21. The summed E-state index contributed by atoms with van der Waals surface area (Å²) in [6, 6.07) is 11.5. The topological polar surface area (TPSA) is 41.1 Å². The summed E-state index contributed by atoms with van der Waals surface area (Å²) in [6.07, 6.45) is 0.877. The summed E-state index contributed by atoms with van der Waals surface area (Å²) in [7, 11) is 0. The van der Waals surface area contributed by atoms with Crippen LogP contribution in [0.25, 0.3) is 0 Å². The van der Waals surface area contributed by atoms with E-state index < -0.39 is 11.6 Å². The lowest BCUT2D eigenvalue weighted by atomic mass is 9.94. The van der Waals surface area contributed by atoms with Crippen molar-refractivity contribution in [1.29, 1.82) is 0 Å². The van der Waals surface area contributed by atoms with Crippen LogP contribution in [0.5, 0.6) is 0 Å². The Morgan fingerprint density at radius 3 is 2.79 bits per heavy atom. The molecule has 3 nitrogen and oxygen atoms in total. The van der Waals surface area contributed by atoms with E-state index >= 15 is 0 Å². The second kappa shape index (κ2) is 8.22. The lowest BCUT2D eigenvalue weighted by Crippen LogP contribution is -2.39. The van der Waals surface area contributed by atoms with Crippen LogP contribution in [0, 0.1) is 11.6 Å². The summed E-state index contributed by atoms with van der Waals surface area (Å²) in [5.41, 5.74) is 2.67. The number of benzene rings is 2. The van der Waals surface area contributed by atoms with Gasteiger partial charge >= 0.3 is 0 Å². The van der Waals surface area contributed by atoms with Gasteiger partial charge in [-0.15, -0.1) is 12.4 Å². The molecule has 0 fully saturated rings. The van der Waals surface area contributed by atoms with Crippen LogP contribution in [0.4, 0.5) is 8.78 Å². The van der Waals surface area contributed by atoms with Crippen LogP contribution in [0.1, 0.15) is 22.7 Å². The van der Waals surface area contributed by atoms with Gasteiger partial charge in [0.25, 0.3) is 0 Å². The fraction of sp³-hybridized carbons (Fsp3) is 0.278. The van der Waals surface area contributed by atoms with Crippen molar-refractivity contribution in [2.45, 2.75) is 18.9 Å². The van der Waals surface area contributed by atoms with Gasteiger partial charge < -0.3 is 10.6 Å². The van der Waals surface area contributed by atoms with Crippen LogP contribution in [0.3, 0.4) is 0 Å². The molecule has 0 saturated carbocycles. The molecule has 24 heavy (non-hydrogen) atoms. The van der Waals surface area contributed by atoms with Gasteiger partial charge in [-0.3, -0.25) is 4.79 Å². The monoisotopic (exact) mass is 352 g/mol. The molecule has 0 aromatic heterocycles. The first-order valence-electron chi connectivity index (χ1n) is 7.65. The predicted octanol–water partition coefficient (Wildman–Crippen LogP) is 2.93. The lowest BCUT2D eigenvalue weighted by molar-refractivity contribution is -0.120. The molecular formula is C18H19ClF2N2O. The molecule has 6 heteroatoms. The molecule has 128 valence electrons. The van der Waals surface area contributed by atoms with Crippen molar-refractivity contribution in [2.24, 2.45) is 0 Å². The molecule has 2 N–H and O–H groups in total. The van der Waals surface area contributed by atoms with Gasteiger partial charge in [0.05, 0.1) is 6.42 Å². The van der Waals surface area contributed by atoms with Gasteiger partial charge in [0.1, 0.15) is 11.6 Å². The van der Waals surface area contributed by atoms with Crippen molar-refractivity contribution < 1.29 is 13.6 Å². The smallest absolute Gasteiger partial charge is 0.224 e. The summed E-state index contributed by atoms with van der Waals surface area (Å²) in [5, 5.41) is 6.20. The highest BCUT2D eigenvalue weighted by Crippen LogP contribution is 2.21. The normalized spacial score (nSPS) is 16.0. The minimum absolute atomic E-state index is 0. The first-order chi connectivity index (χ1) is 11.1. The fourth-order valence-corrected chi connectivity index (χ4v) is 2.89. The summed E-state index contributed by atoms with van der Waals surface area (Å²) >= 11 is 0. The molecule has 0 spiro atoms. The van der Waals surface area contributed by atoms with Gasteiger partial charge in [-0.25, -0.2) is 8.78 Å². The minimum atomic E-state index is -0.693. The summed E-state index contributed by atoms with van der Waals surface area (Å²) in [6.45, 7) is 1.31. The molecule has 3 rings (SSSR count). The van der Waals surface area contributed by atoms with Crippen molar-refractivity contribution in [2.75, 3.05) is 13.1 Å². The third-order valence-electron chi connectivity index (χ3n) is 4.09. The van der Waals surface area contributed by atoms with E-state index in [1.807, 2.05) is 12.1 Å². The molecule has 1 aliphatic rings. The first-order valence-corrected chi connectivity index (χ1v) is 7.65. The summed E-state index contributed by atoms with van der Waals surface area (Å²) in [5.74, 6) is -1.61. The molecule has 0 aliphatic carbocycles. The third kappa shape index (κ3) is 4.30. The maximum Gasteiger partial charge on any atom is 0.224 e. The van der Waals surface area contributed by atoms with E-state index in [0.717, 1.165) is 25.1 Å². The zero-order valence-corrected chi connectivity index (χ0v) is 13.8. The maximum absolute atomic E-state index is 13.6. The van der Waals surface area contributed by atoms with Gasteiger partial charge in [0, 0.05) is 18.7 Å². The van der Waals surface area contributed by atoms with Crippen LogP contribution >= 0.6 is 12.4 Å². The Morgan fingerprint density at radius 2 is 2.00 bits per heavy atom. The van der Waals surface area contributed by atoms with E-state index in [1.165, 1.54) is 17.2 Å². The van der Waals surface area contributed by atoms with Crippen LogP contribution < -0.4 is 10.6 Å². The lowest BCUT2D eigenvalue weighted by Gasteiger charge is -2.27. The molecule has 1 heterocycles.